The molecule has 1 aliphatic heterocycles. The standard InChI is InChI=1S/C29H47F3O4S/c1-20(2)11-8-12-21(3)13-9-14-22(4)15-10-17-28(7)18-16-25-24(6)26(19-23(5)27(25)35-28)36-37(33,34)29(30,31)32/h19-22H,8-18H2,1-7H3/t21-,22-,28-/m1/s1. The van der Waals surface area contributed by atoms with Crippen LogP contribution in [0.4, 0.5) is 13.2 Å². The highest BCUT2D eigenvalue weighted by molar-refractivity contribution is 7.88. The molecule has 1 aromatic carbocycles. The molecule has 0 amide bonds. The number of hydrogen-bond donors (Lipinski definition) is 0. The number of fused-ring (bicyclic) bond motifs is 1. The van der Waals surface area contributed by atoms with Crippen molar-refractivity contribution in [2.24, 2.45) is 17.8 Å². The maximum Gasteiger partial charge on any atom is 0.534 e. The molecule has 0 saturated heterocycles. The van der Waals surface area contributed by atoms with E-state index >= 15 is 0 Å². The lowest BCUT2D eigenvalue weighted by molar-refractivity contribution is -0.0500. The van der Waals surface area contributed by atoms with Crippen molar-refractivity contribution in [3.05, 3.63) is 22.8 Å². The molecule has 0 N–H and O–H groups in total. The minimum absolute atomic E-state index is 0.288. The summed E-state index contributed by atoms with van der Waals surface area (Å²) in [6.07, 6.45) is 12.2. The van der Waals surface area contributed by atoms with Gasteiger partial charge in [-0.25, -0.2) is 0 Å². The van der Waals surface area contributed by atoms with Crippen LogP contribution in [0.25, 0.3) is 0 Å². The Bertz CT molecular complexity index is 988. The van der Waals surface area contributed by atoms with Gasteiger partial charge in [0.1, 0.15) is 17.1 Å². The fraction of sp³-hybridized carbons (Fsp3) is 0.793. The summed E-state index contributed by atoms with van der Waals surface area (Å²) in [7, 11) is -5.72. The van der Waals surface area contributed by atoms with E-state index in [4.69, 9.17) is 4.74 Å². The highest BCUT2D eigenvalue weighted by Gasteiger charge is 2.49. The molecule has 0 fully saturated rings. The number of hydrogen-bond acceptors (Lipinski definition) is 4. The Hall–Kier alpha value is -1.44. The Morgan fingerprint density at radius 2 is 1.51 bits per heavy atom. The van der Waals surface area contributed by atoms with Gasteiger partial charge in [-0.05, 0) is 81.4 Å². The monoisotopic (exact) mass is 548 g/mol. The van der Waals surface area contributed by atoms with Gasteiger partial charge in [0.25, 0.3) is 0 Å². The third-order valence-corrected chi connectivity index (χ3v) is 8.78. The molecule has 1 heterocycles. The molecule has 4 nitrogen and oxygen atoms in total. The Morgan fingerprint density at radius 3 is 2.05 bits per heavy atom. The molecule has 0 bridgehead atoms. The third-order valence-electron chi connectivity index (χ3n) is 7.81. The zero-order chi connectivity index (χ0) is 28.0. The van der Waals surface area contributed by atoms with Crippen LogP contribution in [0.5, 0.6) is 11.5 Å². The predicted octanol–water partition coefficient (Wildman–Crippen LogP) is 9.05. The number of aryl methyl sites for hydroxylation is 1. The molecule has 0 aliphatic carbocycles. The molecule has 0 aromatic heterocycles. The molecule has 0 unspecified atom stereocenters. The highest BCUT2D eigenvalue weighted by Crippen LogP contribution is 2.43. The smallest absolute Gasteiger partial charge is 0.487 e. The van der Waals surface area contributed by atoms with E-state index in [1.165, 1.54) is 44.6 Å². The van der Waals surface area contributed by atoms with E-state index in [0.717, 1.165) is 43.1 Å². The van der Waals surface area contributed by atoms with Crippen molar-refractivity contribution in [1.82, 2.24) is 0 Å². The first-order valence-electron chi connectivity index (χ1n) is 13.9. The van der Waals surface area contributed by atoms with Gasteiger partial charge < -0.3 is 8.92 Å². The molecule has 3 atom stereocenters. The molecule has 2 rings (SSSR count). The number of alkyl halides is 3. The molecule has 37 heavy (non-hydrogen) atoms. The quantitative estimate of drug-likeness (QED) is 0.172. The third kappa shape index (κ3) is 9.36. The van der Waals surface area contributed by atoms with E-state index < -0.39 is 15.6 Å². The number of ether oxygens (including phenoxy) is 1. The summed E-state index contributed by atoms with van der Waals surface area (Å²) in [5.41, 5.74) is -4.14. The normalized spacial score (nSPS) is 19.9. The van der Waals surface area contributed by atoms with Crippen LogP contribution in [0, 0.1) is 31.6 Å². The van der Waals surface area contributed by atoms with Crippen LogP contribution >= 0.6 is 0 Å². The first kappa shape index (κ1) is 31.8. The number of benzene rings is 1. The van der Waals surface area contributed by atoms with Gasteiger partial charge in [0.05, 0.1) is 0 Å². The summed E-state index contributed by atoms with van der Waals surface area (Å²) in [6, 6.07) is 1.33. The minimum Gasteiger partial charge on any atom is -0.487 e. The lowest BCUT2D eigenvalue weighted by Crippen LogP contribution is -2.37. The van der Waals surface area contributed by atoms with E-state index in [-0.39, 0.29) is 11.4 Å². The van der Waals surface area contributed by atoms with E-state index in [1.807, 2.05) is 0 Å². The largest absolute Gasteiger partial charge is 0.534 e. The second kappa shape index (κ2) is 13.1. The average molecular weight is 549 g/mol. The van der Waals surface area contributed by atoms with Crippen LogP contribution in [0.2, 0.25) is 0 Å². The predicted molar refractivity (Wildman–Crippen MR) is 144 cm³/mol. The average Bonchev–Trinajstić information content (AvgIpc) is 2.76. The zero-order valence-electron chi connectivity index (χ0n) is 23.8. The van der Waals surface area contributed by atoms with Gasteiger partial charge in [-0.15, -0.1) is 0 Å². The fourth-order valence-corrected chi connectivity index (χ4v) is 5.79. The summed E-state index contributed by atoms with van der Waals surface area (Å²) < 4.78 is 72.3. The van der Waals surface area contributed by atoms with Gasteiger partial charge in [-0.3, -0.25) is 0 Å². The van der Waals surface area contributed by atoms with Crippen molar-refractivity contribution >= 4 is 10.1 Å². The Labute approximate surface area is 222 Å². The number of rotatable bonds is 14. The molecule has 214 valence electrons. The van der Waals surface area contributed by atoms with Crippen LogP contribution in [-0.2, 0) is 16.5 Å². The van der Waals surface area contributed by atoms with E-state index in [9.17, 15) is 21.6 Å². The summed E-state index contributed by atoms with van der Waals surface area (Å²) >= 11 is 0. The maximum atomic E-state index is 12.8. The Balaban J connectivity index is 1.87. The Kier molecular flexibility index (Phi) is 11.2. The summed E-state index contributed by atoms with van der Waals surface area (Å²) in [5, 5.41) is 0. The van der Waals surface area contributed by atoms with Gasteiger partial charge in [0.2, 0.25) is 0 Å². The van der Waals surface area contributed by atoms with Gasteiger partial charge in [0, 0.05) is 5.56 Å². The minimum atomic E-state index is -5.72. The van der Waals surface area contributed by atoms with E-state index in [0.29, 0.717) is 29.2 Å². The SMILES string of the molecule is Cc1cc(OS(=O)(=O)C(F)(F)F)c(C)c2c1O[C@](C)(CCC[C@H](C)CCC[C@H](C)CCCC(C)C)CC2. The fourth-order valence-electron chi connectivity index (χ4n) is 5.29. The maximum absolute atomic E-state index is 12.8. The van der Waals surface area contributed by atoms with Crippen molar-refractivity contribution in [2.75, 3.05) is 0 Å². The molecule has 0 radical (unpaired) electrons. The van der Waals surface area contributed by atoms with Crippen molar-refractivity contribution < 1.29 is 30.5 Å². The second-order valence-corrected chi connectivity index (χ2v) is 13.6. The molecule has 0 saturated carbocycles. The molecule has 1 aromatic rings. The summed E-state index contributed by atoms with van der Waals surface area (Å²) in [4.78, 5) is 0. The summed E-state index contributed by atoms with van der Waals surface area (Å²) in [5.74, 6) is 2.61. The molecule has 8 heteroatoms. The zero-order valence-corrected chi connectivity index (χ0v) is 24.6. The molecule has 1 aliphatic rings. The van der Waals surface area contributed by atoms with Crippen LogP contribution < -0.4 is 8.92 Å². The van der Waals surface area contributed by atoms with Crippen molar-refractivity contribution in [1.29, 1.82) is 0 Å². The Morgan fingerprint density at radius 1 is 0.973 bits per heavy atom. The van der Waals surface area contributed by atoms with Crippen molar-refractivity contribution in [3.63, 3.8) is 0 Å². The van der Waals surface area contributed by atoms with Crippen LogP contribution in [0.1, 0.15) is 116 Å². The molecular formula is C29H47F3O4S. The topological polar surface area (TPSA) is 52.6 Å². The van der Waals surface area contributed by atoms with Gasteiger partial charge in [-0.2, -0.15) is 21.6 Å². The van der Waals surface area contributed by atoms with Crippen LogP contribution in [0.3, 0.4) is 0 Å². The highest BCUT2D eigenvalue weighted by atomic mass is 32.2. The first-order chi connectivity index (χ1) is 17.0. The van der Waals surface area contributed by atoms with Crippen molar-refractivity contribution in [3.8, 4) is 11.5 Å². The van der Waals surface area contributed by atoms with E-state index in [1.54, 1.807) is 13.8 Å². The van der Waals surface area contributed by atoms with Gasteiger partial charge >= 0.3 is 15.6 Å². The van der Waals surface area contributed by atoms with Crippen LogP contribution in [0.15, 0.2) is 6.07 Å². The second-order valence-electron chi connectivity index (χ2n) is 12.0. The molecular weight excluding hydrogens is 501 g/mol. The summed E-state index contributed by atoms with van der Waals surface area (Å²) in [6.45, 7) is 14.7. The van der Waals surface area contributed by atoms with Gasteiger partial charge in [0.15, 0.2) is 0 Å². The van der Waals surface area contributed by atoms with Crippen LogP contribution in [-0.4, -0.2) is 19.5 Å². The molecule has 0 spiro atoms. The lowest BCUT2D eigenvalue weighted by atomic mass is 9.84. The lowest BCUT2D eigenvalue weighted by Gasteiger charge is -2.38. The van der Waals surface area contributed by atoms with E-state index in [2.05, 4.69) is 38.8 Å². The van der Waals surface area contributed by atoms with Crippen molar-refractivity contribution in [2.45, 2.75) is 130 Å². The first-order valence-corrected chi connectivity index (χ1v) is 15.3. The number of halogens is 3. The van der Waals surface area contributed by atoms with Gasteiger partial charge in [-0.1, -0.05) is 72.6 Å².